The van der Waals surface area contributed by atoms with E-state index in [0.29, 0.717) is 28.8 Å². The third kappa shape index (κ3) is 5.40. The van der Waals surface area contributed by atoms with Crippen LogP contribution in [-0.2, 0) is 16.0 Å². The van der Waals surface area contributed by atoms with Crippen LogP contribution in [-0.4, -0.2) is 35.6 Å². The number of methoxy groups -OCH3 is 1. The summed E-state index contributed by atoms with van der Waals surface area (Å²) in [6.45, 7) is 0. The highest BCUT2D eigenvalue weighted by Crippen LogP contribution is 2.38. The number of rotatable bonds is 10. The molecule has 1 aromatic heterocycles. The number of hydrogen-bond acceptors (Lipinski definition) is 5. The van der Waals surface area contributed by atoms with Gasteiger partial charge in [0.05, 0.1) is 18.9 Å². The minimum Gasteiger partial charge on any atom is -0.496 e. The molecule has 3 unspecified atom stereocenters. The van der Waals surface area contributed by atoms with Crippen LogP contribution in [0.4, 0.5) is 0 Å². The Hall–Kier alpha value is -3.63. The van der Waals surface area contributed by atoms with Crippen LogP contribution in [0.15, 0.2) is 42.5 Å². The fourth-order valence-electron chi connectivity index (χ4n) is 5.31. The predicted octanol–water partition coefficient (Wildman–Crippen LogP) is 5.13. The third-order valence-corrected chi connectivity index (χ3v) is 7.67. The lowest BCUT2D eigenvalue weighted by atomic mass is 9.91. The molecular weight excluding hydrogens is 490 g/mol. The molecule has 0 saturated heterocycles. The third-order valence-electron chi connectivity index (χ3n) is 7.44. The van der Waals surface area contributed by atoms with Crippen LogP contribution in [0.2, 0.25) is 5.02 Å². The van der Waals surface area contributed by atoms with Crippen LogP contribution < -0.4 is 10.1 Å². The number of hydrogen-bond donors (Lipinski definition) is 2. The lowest BCUT2D eigenvalue weighted by Crippen LogP contribution is -2.40. The van der Waals surface area contributed by atoms with E-state index < -0.39 is 17.9 Å². The van der Waals surface area contributed by atoms with Crippen molar-refractivity contribution in [1.29, 1.82) is 5.26 Å². The van der Waals surface area contributed by atoms with Crippen LogP contribution in [0.3, 0.4) is 0 Å². The molecule has 1 heterocycles. The lowest BCUT2D eigenvalue weighted by Gasteiger charge is -2.20. The van der Waals surface area contributed by atoms with Gasteiger partial charge in [0.1, 0.15) is 17.6 Å². The smallest absolute Gasteiger partial charge is 0.224 e. The van der Waals surface area contributed by atoms with Crippen molar-refractivity contribution < 1.29 is 19.1 Å². The molecule has 1 saturated carbocycles. The van der Waals surface area contributed by atoms with E-state index in [9.17, 15) is 19.6 Å². The van der Waals surface area contributed by atoms with Gasteiger partial charge in [0.15, 0.2) is 5.78 Å². The highest BCUT2D eigenvalue weighted by Gasteiger charge is 2.35. The van der Waals surface area contributed by atoms with Crippen molar-refractivity contribution in [1.82, 2.24) is 10.3 Å². The summed E-state index contributed by atoms with van der Waals surface area (Å²) < 4.78 is 5.39. The van der Waals surface area contributed by atoms with E-state index in [4.69, 9.17) is 16.3 Å². The van der Waals surface area contributed by atoms with Crippen molar-refractivity contribution in [3.63, 3.8) is 0 Å². The Bertz CT molecular complexity index is 1420. The molecule has 2 aliphatic rings. The maximum Gasteiger partial charge on any atom is 0.224 e. The maximum absolute atomic E-state index is 13.3. The zero-order valence-electron chi connectivity index (χ0n) is 20.6. The van der Waals surface area contributed by atoms with Crippen LogP contribution in [0.25, 0.3) is 10.9 Å². The first kappa shape index (κ1) is 25.0. The summed E-state index contributed by atoms with van der Waals surface area (Å²) in [4.78, 5) is 42.3. The molecule has 2 N–H and O–H groups in total. The van der Waals surface area contributed by atoms with Crippen molar-refractivity contribution in [3.8, 4) is 11.8 Å². The van der Waals surface area contributed by atoms with Gasteiger partial charge in [-0.05, 0) is 60.2 Å². The molecule has 0 bridgehead atoms. The predicted molar refractivity (Wildman–Crippen MR) is 140 cm³/mol. The molecule has 1 fully saturated rings. The number of aromatic amines is 1. The quantitative estimate of drug-likeness (QED) is 0.362. The fraction of sp³-hybridized carbons (Fsp3) is 0.379. The Morgan fingerprint density at radius 3 is 2.76 bits per heavy atom. The monoisotopic (exact) mass is 517 g/mol. The second kappa shape index (κ2) is 10.4. The van der Waals surface area contributed by atoms with E-state index in [2.05, 4.69) is 16.4 Å². The van der Waals surface area contributed by atoms with Gasteiger partial charge < -0.3 is 15.0 Å². The van der Waals surface area contributed by atoms with Crippen LogP contribution in [0, 0.1) is 23.2 Å². The van der Waals surface area contributed by atoms with Crippen LogP contribution in [0.1, 0.15) is 59.6 Å². The molecule has 1 amide bonds. The summed E-state index contributed by atoms with van der Waals surface area (Å²) >= 11 is 6.07. The minimum absolute atomic E-state index is 0.0192. The Balaban J connectivity index is 1.29. The van der Waals surface area contributed by atoms with Gasteiger partial charge in [0.25, 0.3) is 0 Å². The van der Waals surface area contributed by atoms with Crippen LogP contribution >= 0.6 is 11.6 Å². The Kier molecular flexibility index (Phi) is 7.03. The van der Waals surface area contributed by atoms with E-state index in [1.807, 2.05) is 24.3 Å². The van der Waals surface area contributed by atoms with Crippen molar-refractivity contribution in [3.05, 3.63) is 64.3 Å². The summed E-state index contributed by atoms with van der Waals surface area (Å²) in [5, 5.41) is 14.0. The van der Waals surface area contributed by atoms with E-state index in [0.717, 1.165) is 34.9 Å². The number of nitrogens with zero attached hydrogens (tertiary/aromatic N) is 1. The summed E-state index contributed by atoms with van der Waals surface area (Å²) in [7, 11) is 1.58. The highest BCUT2D eigenvalue weighted by atomic mass is 35.5. The van der Waals surface area contributed by atoms with E-state index >= 15 is 0 Å². The number of benzene rings is 2. The average molecular weight is 518 g/mol. The van der Waals surface area contributed by atoms with Gasteiger partial charge in [-0.3, -0.25) is 14.4 Å². The van der Waals surface area contributed by atoms with E-state index in [1.54, 1.807) is 25.3 Å². The number of nitrogens with one attached hydrogen (secondary N) is 2. The number of ketones is 2. The molecule has 8 heteroatoms. The first-order chi connectivity index (χ1) is 17.9. The zero-order chi connectivity index (χ0) is 26.1. The number of nitriles is 1. The average Bonchev–Trinajstić information content (AvgIpc) is 3.50. The summed E-state index contributed by atoms with van der Waals surface area (Å²) in [6.07, 6.45) is 3.20. The Morgan fingerprint density at radius 2 is 2.03 bits per heavy atom. The number of carbonyl (C=O) groups is 3. The van der Waals surface area contributed by atoms with Gasteiger partial charge in [0.2, 0.25) is 5.91 Å². The number of ether oxygens (including phenoxy) is 1. The zero-order valence-corrected chi connectivity index (χ0v) is 21.3. The summed E-state index contributed by atoms with van der Waals surface area (Å²) in [6, 6.07) is 14.0. The van der Waals surface area contributed by atoms with Crippen molar-refractivity contribution >= 4 is 40.0 Å². The number of fused-ring (bicyclic) bond motifs is 2. The first-order valence-electron chi connectivity index (χ1n) is 12.6. The molecule has 3 atom stereocenters. The molecule has 0 radical (unpaired) electrons. The second-order valence-corrected chi connectivity index (χ2v) is 10.5. The van der Waals surface area contributed by atoms with Gasteiger partial charge in [-0.2, -0.15) is 5.26 Å². The summed E-state index contributed by atoms with van der Waals surface area (Å²) in [5.41, 5.74) is 2.95. The standard InChI is InChI=1S/C29H28ClN3O4/c1-37-28-4-2-3-24-23(28)14-25(33-24)27(35)12-18(9-16-5-6-16)29(36)32-20(15-31)13-22-21-8-7-19(30)10-17(21)11-26(22)34/h2-4,7-8,10,14,16,18,20,22,33H,5-6,9,11-13H2,1H3,(H,32,36). The Morgan fingerprint density at radius 1 is 1.22 bits per heavy atom. The Labute approximate surface area is 220 Å². The number of carbonyl (C=O) groups excluding carboxylic acids is 3. The highest BCUT2D eigenvalue weighted by molar-refractivity contribution is 6.30. The molecule has 2 aliphatic carbocycles. The SMILES string of the molecule is COc1cccc2[nH]c(C(=O)CC(CC3CC3)C(=O)NC(C#N)CC3C(=O)Cc4cc(Cl)ccc43)cc12. The van der Waals surface area contributed by atoms with Gasteiger partial charge in [-0.15, -0.1) is 0 Å². The molecule has 7 nitrogen and oxygen atoms in total. The number of amides is 1. The molecule has 190 valence electrons. The number of aromatic nitrogens is 1. The van der Waals surface area contributed by atoms with Gasteiger partial charge in [-0.1, -0.05) is 36.6 Å². The number of Topliss-reactive ketones (excluding diaryl/α,β-unsaturated/α-hetero) is 2. The lowest BCUT2D eigenvalue weighted by molar-refractivity contribution is -0.126. The van der Waals surface area contributed by atoms with Crippen LogP contribution in [0.5, 0.6) is 5.75 Å². The topological polar surface area (TPSA) is 112 Å². The second-order valence-electron chi connectivity index (χ2n) is 10.1. The van der Waals surface area contributed by atoms with Crippen molar-refractivity contribution in [2.24, 2.45) is 11.8 Å². The molecule has 2 aromatic carbocycles. The molecule has 5 rings (SSSR count). The van der Waals surface area contributed by atoms with Gasteiger partial charge in [-0.25, -0.2) is 0 Å². The fourth-order valence-corrected chi connectivity index (χ4v) is 5.50. The number of H-pyrrole nitrogens is 1. The first-order valence-corrected chi connectivity index (χ1v) is 12.9. The largest absolute Gasteiger partial charge is 0.496 e. The molecule has 0 spiro atoms. The maximum atomic E-state index is 13.3. The molecule has 3 aromatic rings. The molecule has 0 aliphatic heterocycles. The van der Waals surface area contributed by atoms with Gasteiger partial charge in [0, 0.05) is 40.6 Å². The van der Waals surface area contributed by atoms with E-state index in [1.165, 1.54) is 0 Å². The van der Waals surface area contributed by atoms with Gasteiger partial charge >= 0.3 is 0 Å². The minimum atomic E-state index is -0.836. The van der Waals surface area contributed by atoms with Crippen molar-refractivity contribution in [2.45, 2.75) is 50.5 Å². The molecular formula is C29H28ClN3O4. The summed E-state index contributed by atoms with van der Waals surface area (Å²) in [5.74, 6) is -0.379. The molecule has 37 heavy (non-hydrogen) atoms. The number of halogens is 1. The normalized spacial score (nSPS) is 18.2. The van der Waals surface area contributed by atoms with Crippen molar-refractivity contribution in [2.75, 3.05) is 7.11 Å². The van der Waals surface area contributed by atoms with E-state index in [-0.39, 0.29) is 36.7 Å².